The summed E-state index contributed by atoms with van der Waals surface area (Å²) in [5, 5.41) is 0. The van der Waals surface area contributed by atoms with Crippen molar-refractivity contribution >= 4 is 31.9 Å². The third kappa shape index (κ3) is 1.75. The van der Waals surface area contributed by atoms with Crippen molar-refractivity contribution < 1.29 is 4.74 Å². The molecule has 3 aromatic rings. The van der Waals surface area contributed by atoms with Crippen molar-refractivity contribution in [1.29, 1.82) is 0 Å². The second kappa shape index (κ2) is 5.14. The molecule has 3 aromatic carbocycles. The van der Waals surface area contributed by atoms with E-state index in [1.807, 2.05) is 0 Å². The Morgan fingerprint density at radius 2 is 0.926 bits per heavy atom. The number of hydrogen-bond donors (Lipinski definition) is 0. The summed E-state index contributed by atoms with van der Waals surface area (Å²) in [5.74, 6) is 1.95. The van der Waals surface area contributed by atoms with E-state index in [0.29, 0.717) is 23.7 Å². The summed E-state index contributed by atoms with van der Waals surface area (Å²) in [6.07, 6.45) is 0.405. The molecule has 5 aliphatic rings. The lowest BCUT2D eigenvalue weighted by Crippen LogP contribution is -2.42. The lowest BCUT2D eigenvalue weighted by molar-refractivity contribution is 0.0533. The fourth-order valence-corrected chi connectivity index (χ4v) is 7.21. The van der Waals surface area contributed by atoms with Crippen LogP contribution in [-0.2, 0) is 4.74 Å². The van der Waals surface area contributed by atoms with Crippen LogP contribution >= 0.6 is 31.9 Å². The van der Waals surface area contributed by atoms with Crippen LogP contribution in [0.2, 0.25) is 0 Å². The van der Waals surface area contributed by atoms with E-state index in [1.165, 1.54) is 33.4 Å². The van der Waals surface area contributed by atoms with Gasteiger partial charge in [-0.3, -0.25) is 0 Å². The number of halogens is 2. The summed E-state index contributed by atoms with van der Waals surface area (Å²) in [5.41, 5.74) is 8.87. The molecule has 3 heteroatoms. The maximum atomic E-state index is 6.70. The van der Waals surface area contributed by atoms with Crippen LogP contribution in [-0.4, -0.2) is 0 Å². The third-order valence-electron chi connectivity index (χ3n) is 7.28. The SMILES string of the molecule is Brc1cc2c(cc1Br)[C@@H]1O[C@@H]2[C@@H]2C3c4ccccc4C(c4ccccc43)[C@H]21. The first-order valence-electron chi connectivity index (χ1n) is 9.56. The highest BCUT2D eigenvalue weighted by Crippen LogP contribution is 2.72. The van der Waals surface area contributed by atoms with E-state index in [2.05, 4.69) is 92.5 Å². The molecule has 1 nitrogen and oxygen atoms in total. The molecule has 27 heavy (non-hydrogen) atoms. The van der Waals surface area contributed by atoms with E-state index in [4.69, 9.17) is 4.74 Å². The zero-order chi connectivity index (χ0) is 17.9. The molecule has 2 heterocycles. The average Bonchev–Trinajstić information content (AvgIpc) is 3.26. The fraction of sp³-hybridized carbons (Fsp3) is 0.250. The third-order valence-corrected chi connectivity index (χ3v) is 9.12. The molecule has 132 valence electrons. The summed E-state index contributed by atoms with van der Waals surface area (Å²) in [6.45, 7) is 0. The van der Waals surface area contributed by atoms with Crippen molar-refractivity contribution in [3.05, 3.63) is 103 Å². The first-order chi connectivity index (χ1) is 13.2. The molecule has 0 N–H and O–H groups in total. The summed E-state index contributed by atoms with van der Waals surface area (Å²) in [6, 6.07) is 22.8. The Hall–Kier alpha value is -1.42. The van der Waals surface area contributed by atoms with Crippen LogP contribution < -0.4 is 0 Å². The highest BCUT2D eigenvalue weighted by atomic mass is 79.9. The van der Waals surface area contributed by atoms with Crippen molar-refractivity contribution in [3.63, 3.8) is 0 Å². The Kier molecular flexibility index (Phi) is 2.95. The Bertz CT molecular complexity index is 1000. The van der Waals surface area contributed by atoms with Crippen molar-refractivity contribution in [3.8, 4) is 0 Å². The molecule has 1 fully saturated rings. The van der Waals surface area contributed by atoms with E-state index in [9.17, 15) is 0 Å². The van der Waals surface area contributed by atoms with Crippen molar-refractivity contribution in [1.82, 2.24) is 0 Å². The van der Waals surface area contributed by atoms with Gasteiger partial charge in [-0.25, -0.2) is 0 Å². The zero-order valence-electron chi connectivity index (χ0n) is 14.4. The second-order valence-electron chi connectivity index (χ2n) is 8.24. The van der Waals surface area contributed by atoms with Crippen LogP contribution in [0.5, 0.6) is 0 Å². The van der Waals surface area contributed by atoms with Crippen LogP contribution in [0.15, 0.2) is 69.6 Å². The smallest absolute Gasteiger partial charge is 0.0878 e. The Balaban J connectivity index is 1.51. The first-order valence-corrected chi connectivity index (χ1v) is 11.1. The fourth-order valence-electron chi connectivity index (χ4n) is 6.49. The minimum Gasteiger partial charge on any atom is -0.365 e. The maximum Gasteiger partial charge on any atom is 0.0878 e. The topological polar surface area (TPSA) is 9.23 Å². The lowest BCUT2D eigenvalue weighted by Gasteiger charge is -2.51. The molecule has 4 atom stereocenters. The van der Waals surface area contributed by atoms with Gasteiger partial charge in [-0.15, -0.1) is 0 Å². The quantitative estimate of drug-likeness (QED) is 0.342. The highest BCUT2D eigenvalue weighted by Gasteiger charge is 2.63. The number of rotatable bonds is 0. The molecule has 0 radical (unpaired) electrons. The molecule has 4 bridgehead atoms. The standard InChI is InChI=1S/C24H16Br2O/c25-17-9-15-16(10-18(17)26)24-22-20-12-6-2-1-5-11(12)19(21(22)23(15)27-24)13-7-3-4-8-14(13)20/h1-10,19-24H/t19?,20?,21-,22-,23+,24+/m1/s1. The van der Waals surface area contributed by atoms with Gasteiger partial charge in [-0.1, -0.05) is 48.5 Å². The van der Waals surface area contributed by atoms with Gasteiger partial charge in [0.05, 0.1) is 12.2 Å². The van der Waals surface area contributed by atoms with Gasteiger partial charge in [0.2, 0.25) is 0 Å². The average molecular weight is 480 g/mol. The molecule has 0 amide bonds. The maximum absolute atomic E-state index is 6.70. The monoisotopic (exact) mass is 478 g/mol. The van der Waals surface area contributed by atoms with Gasteiger partial charge in [-0.05, 0) is 77.4 Å². The molecule has 0 aromatic heterocycles. The predicted molar refractivity (Wildman–Crippen MR) is 112 cm³/mol. The minimum absolute atomic E-state index is 0.202. The van der Waals surface area contributed by atoms with Crippen LogP contribution in [0.1, 0.15) is 57.4 Å². The Labute approximate surface area is 175 Å². The molecule has 2 aliphatic heterocycles. The van der Waals surface area contributed by atoms with Crippen LogP contribution in [0.4, 0.5) is 0 Å². The largest absolute Gasteiger partial charge is 0.365 e. The highest BCUT2D eigenvalue weighted by molar-refractivity contribution is 9.13. The molecule has 3 aliphatic carbocycles. The summed E-state index contributed by atoms with van der Waals surface area (Å²) in [7, 11) is 0. The minimum atomic E-state index is 0.202. The van der Waals surface area contributed by atoms with Gasteiger partial charge in [-0.2, -0.15) is 0 Å². The normalized spacial score (nSPS) is 33.4. The molecule has 1 saturated heterocycles. The van der Waals surface area contributed by atoms with E-state index in [0.717, 1.165) is 8.95 Å². The van der Waals surface area contributed by atoms with Gasteiger partial charge in [0, 0.05) is 32.6 Å². The van der Waals surface area contributed by atoms with Gasteiger partial charge in [0.15, 0.2) is 0 Å². The molecule has 0 spiro atoms. The van der Waals surface area contributed by atoms with E-state index in [-0.39, 0.29) is 12.2 Å². The van der Waals surface area contributed by atoms with Gasteiger partial charge in [0.25, 0.3) is 0 Å². The Morgan fingerprint density at radius 1 is 0.556 bits per heavy atom. The second-order valence-corrected chi connectivity index (χ2v) is 9.95. The van der Waals surface area contributed by atoms with Crippen molar-refractivity contribution in [2.75, 3.05) is 0 Å². The number of benzene rings is 3. The molecule has 0 unspecified atom stereocenters. The van der Waals surface area contributed by atoms with Gasteiger partial charge >= 0.3 is 0 Å². The van der Waals surface area contributed by atoms with Crippen LogP contribution in [0.25, 0.3) is 0 Å². The van der Waals surface area contributed by atoms with Crippen LogP contribution in [0.3, 0.4) is 0 Å². The number of fused-ring (bicyclic) bond motifs is 5. The van der Waals surface area contributed by atoms with E-state index < -0.39 is 0 Å². The molecular weight excluding hydrogens is 464 g/mol. The summed E-state index contributed by atoms with van der Waals surface area (Å²) >= 11 is 7.40. The number of hydrogen-bond acceptors (Lipinski definition) is 1. The van der Waals surface area contributed by atoms with Crippen molar-refractivity contribution in [2.45, 2.75) is 24.0 Å². The summed E-state index contributed by atoms with van der Waals surface area (Å²) in [4.78, 5) is 0. The summed E-state index contributed by atoms with van der Waals surface area (Å²) < 4.78 is 8.94. The molecule has 8 rings (SSSR count). The predicted octanol–water partition coefficient (Wildman–Crippen LogP) is 6.86. The number of ether oxygens (including phenoxy) is 1. The van der Waals surface area contributed by atoms with Gasteiger partial charge < -0.3 is 4.74 Å². The molecular formula is C24H16Br2O. The van der Waals surface area contributed by atoms with Gasteiger partial charge in [0.1, 0.15) is 0 Å². The Morgan fingerprint density at radius 3 is 1.30 bits per heavy atom. The zero-order valence-corrected chi connectivity index (χ0v) is 17.6. The van der Waals surface area contributed by atoms with Crippen molar-refractivity contribution in [2.24, 2.45) is 11.8 Å². The van der Waals surface area contributed by atoms with Crippen LogP contribution in [0, 0.1) is 11.8 Å². The lowest BCUT2D eigenvalue weighted by atomic mass is 9.50. The van der Waals surface area contributed by atoms with E-state index >= 15 is 0 Å². The van der Waals surface area contributed by atoms with E-state index in [1.54, 1.807) is 0 Å². The first kappa shape index (κ1) is 15.5. The molecule has 0 saturated carbocycles.